The van der Waals surface area contributed by atoms with Crippen LogP contribution in [0.25, 0.3) is 10.8 Å². The van der Waals surface area contributed by atoms with Crippen molar-refractivity contribution in [1.82, 2.24) is 0 Å². The van der Waals surface area contributed by atoms with E-state index in [1.807, 2.05) is 50.2 Å². The van der Waals surface area contributed by atoms with Crippen LogP contribution in [-0.2, 0) is 0 Å². The van der Waals surface area contributed by atoms with E-state index in [1.165, 1.54) is 0 Å². The Morgan fingerprint density at radius 3 is 2.50 bits per heavy atom. The highest BCUT2D eigenvalue weighted by Crippen LogP contribution is 2.60. The van der Waals surface area contributed by atoms with Gasteiger partial charge in [-0.25, -0.2) is 4.79 Å². The van der Waals surface area contributed by atoms with Crippen LogP contribution in [0, 0.1) is 13.8 Å². The second-order valence-electron chi connectivity index (χ2n) is 7.98. The highest BCUT2D eigenvalue weighted by Gasteiger charge is 2.42. The van der Waals surface area contributed by atoms with E-state index in [-0.39, 0.29) is 0 Å². The van der Waals surface area contributed by atoms with E-state index >= 15 is 0 Å². The van der Waals surface area contributed by atoms with Crippen molar-refractivity contribution < 1.29 is 19.4 Å². The van der Waals surface area contributed by atoms with Crippen LogP contribution in [0.15, 0.2) is 42.5 Å². The van der Waals surface area contributed by atoms with Gasteiger partial charge in [-0.3, -0.25) is 0 Å². The fourth-order valence-corrected chi connectivity index (χ4v) is 4.89. The lowest BCUT2D eigenvalue weighted by molar-refractivity contribution is 0.151. The van der Waals surface area contributed by atoms with Gasteiger partial charge in [-0.1, -0.05) is 35.9 Å². The molecular formula is C24H22O4. The SMILES string of the molecule is Cc1ccc2c(O)c3c(c(OC(=O)Oc4ccccc4C)c2c1)C1CCC3C1. The maximum Gasteiger partial charge on any atom is 0.519 e. The molecule has 1 saturated carbocycles. The molecule has 3 aromatic rings. The zero-order chi connectivity index (χ0) is 19.4. The minimum atomic E-state index is -0.743. The van der Waals surface area contributed by atoms with Gasteiger partial charge >= 0.3 is 6.16 Å². The number of para-hydroxylation sites is 1. The number of benzene rings is 3. The van der Waals surface area contributed by atoms with Crippen LogP contribution in [0.1, 0.15) is 53.4 Å². The first-order chi connectivity index (χ1) is 13.5. The molecule has 28 heavy (non-hydrogen) atoms. The Kier molecular flexibility index (Phi) is 3.83. The maximum atomic E-state index is 12.6. The third kappa shape index (κ3) is 2.55. The molecule has 2 unspecified atom stereocenters. The number of rotatable bonds is 2. The van der Waals surface area contributed by atoms with Crippen molar-refractivity contribution in [3.8, 4) is 17.2 Å². The van der Waals surface area contributed by atoms with E-state index in [0.717, 1.165) is 52.3 Å². The van der Waals surface area contributed by atoms with Crippen LogP contribution in [0.4, 0.5) is 4.79 Å². The summed E-state index contributed by atoms with van der Waals surface area (Å²) in [6.07, 6.45) is 2.42. The lowest BCUT2D eigenvalue weighted by atomic mass is 9.87. The molecule has 2 aliphatic carbocycles. The molecule has 0 aliphatic heterocycles. The topological polar surface area (TPSA) is 55.8 Å². The summed E-state index contributed by atoms with van der Waals surface area (Å²) < 4.78 is 11.3. The molecule has 5 rings (SSSR count). The van der Waals surface area contributed by atoms with Crippen LogP contribution in [0.2, 0.25) is 0 Å². The third-order valence-electron chi connectivity index (χ3n) is 6.19. The van der Waals surface area contributed by atoms with E-state index in [9.17, 15) is 9.90 Å². The van der Waals surface area contributed by atoms with E-state index in [4.69, 9.17) is 9.47 Å². The molecule has 0 aromatic heterocycles. The Balaban J connectivity index is 1.62. The molecule has 2 atom stereocenters. The summed E-state index contributed by atoms with van der Waals surface area (Å²) in [6.45, 7) is 3.88. The first kappa shape index (κ1) is 17.1. The highest BCUT2D eigenvalue weighted by atomic mass is 16.7. The van der Waals surface area contributed by atoms with Gasteiger partial charge < -0.3 is 14.6 Å². The van der Waals surface area contributed by atoms with E-state index < -0.39 is 6.16 Å². The maximum absolute atomic E-state index is 12.6. The number of phenolic OH excluding ortho intramolecular Hbond substituents is 1. The average molecular weight is 374 g/mol. The zero-order valence-electron chi connectivity index (χ0n) is 16.0. The molecule has 1 fully saturated rings. The smallest absolute Gasteiger partial charge is 0.507 e. The average Bonchev–Trinajstić information content (AvgIpc) is 3.29. The molecule has 4 nitrogen and oxygen atoms in total. The molecule has 142 valence electrons. The van der Waals surface area contributed by atoms with Crippen LogP contribution in [0.5, 0.6) is 17.2 Å². The number of carbonyl (C=O) groups is 1. The number of carbonyl (C=O) groups excluding carboxylic acids is 1. The lowest BCUT2D eigenvalue weighted by Gasteiger charge is -2.22. The van der Waals surface area contributed by atoms with Crippen molar-refractivity contribution in [3.63, 3.8) is 0 Å². The molecule has 4 heteroatoms. The summed E-state index contributed by atoms with van der Waals surface area (Å²) in [7, 11) is 0. The van der Waals surface area contributed by atoms with Crippen molar-refractivity contribution in [2.24, 2.45) is 0 Å². The second-order valence-corrected chi connectivity index (χ2v) is 7.98. The number of aromatic hydroxyl groups is 1. The summed E-state index contributed by atoms with van der Waals surface area (Å²) in [5.74, 6) is 2.07. The Hall–Kier alpha value is -3.01. The Morgan fingerprint density at radius 2 is 1.71 bits per heavy atom. The molecule has 0 heterocycles. The number of fused-ring (bicyclic) bond motifs is 6. The van der Waals surface area contributed by atoms with Gasteiger partial charge in [0.25, 0.3) is 0 Å². The van der Waals surface area contributed by atoms with Gasteiger partial charge in [-0.15, -0.1) is 0 Å². The molecule has 0 amide bonds. The van der Waals surface area contributed by atoms with Gasteiger partial charge in [-0.05, 0) is 62.6 Å². The van der Waals surface area contributed by atoms with E-state index in [0.29, 0.717) is 29.1 Å². The second kappa shape index (κ2) is 6.26. The van der Waals surface area contributed by atoms with Crippen LogP contribution in [-0.4, -0.2) is 11.3 Å². The summed E-state index contributed by atoms with van der Waals surface area (Å²) in [5.41, 5.74) is 3.88. The van der Waals surface area contributed by atoms with Crippen molar-refractivity contribution in [2.45, 2.75) is 44.9 Å². The standard InChI is InChI=1S/C24H22O4/c1-13-7-10-17-18(11-13)23(21-16-9-8-15(12-16)20(21)22(17)25)28-24(26)27-19-6-4-3-5-14(19)2/h3-7,10-11,15-16,25H,8-9,12H2,1-2H3. The first-order valence-corrected chi connectivity index (χ1v) is 9.77. The largest absolute Gasteiger partial charge is 0.519 e. The summed E-state index contributed by atoms with van der Waals surface area (Å²) >= 11 is 0. The third-order valence-corrected chi connectivity index (χ3v) is 6.19. The number of aryl methyl sites for hydroxylation is 2. The normalized spacial score (nSPS) is 19.6. The molecular weight excluding hydrogens is 352 g/mol. The van der Waals surface area contributed by atoms with Gasteiger partial charge in [0.15, 0.2) is 0 Å². The molecule has 1 N–H and O–H groups in total. The fraction of sp³-hybridized carbons (Fsp3) is 0.292. The highest BCUT2D eigenvalue weighted by molar-refractivity contribution is 5.98. The van der Waals surface area contributed by atoms with Gasteiger partial charge in [-0.2, -0.15) is 0 Å². The van der Waals surface area contributed by atoms with Crippen LogP contribution in [0.3, 0.4) is 0 Å². The molecule has 0 spiro atoms. The van der Waals surface area contributed by atoms with Crippen LogP contribution < -0.4 is 9.47 Å². The van der Waals surface area contributed by atoms with Gasteiger partial charge in [0.05, 0.1) is 0 Å². The summed E-state index contributed by atoms with van der Waals surface area (Å²) in [5, 5.41) is 12.4. The minimum Gasteiger partial charge on any atom is -0.507 e. The minimum absolute atomic E-state index is 0.331. The molecule has 3 aromatic carbocycles. The van der Waals surface area contributed by atoms with Gasteiger partial charge in [0.2, 0.25) is 0 Å². The Morgan fingerprint density at radius 1 is 0.964 bits per heavy atom. The van der Waals surface area contributed by atoms with E-state index in [2.05, 4.69) is 0 Å². The summed E-state index contributed by atoms with van der Waals surface area (Å²) in [4.78, 5) is 12.6. The van der Waals surface area contributed by atoms with Gasteiger partial charge in [0, 0.05) is 21.9 Å². The van der Waals surface area contributed by atoms with Gasteiger partial charge in [0.1, 0.15) is 17.2 Å². The number of hydrogen-bond acceptors (Lipinski definition) is 4. The number of ether oxygens (including phenoxy) is 2. The summed E-state index contributed by atoms with van der Waals surface area (Å²) in [6, 6.07) is 13.2. The first-order valence-electron chi connectivity index (χ1n) is 9.77. The molecule has 2 aliphatic rings. The Labute approximate surface area is 163 Å². The predicted molar refractivity (Wildman–Crippen MR) is 108 cm³/mol. The van der Waals surface area contributed by atoms with Crippen molar-refractivity contribution >= 4 is 16.9 Å². The van der Waals surface area contributed by atoms with Crippen LogP contribution >= 0.6 is 0 Å². The number of hydrogen-bond donors (Lipinski definition) is 1. The molecule has 0 saturated heterocycles. The lowest BCUT2D eigenvalue weighted by Crippen LogP contribution is -2.16. The molecule has 2 bridgehead atoms. The number of phenols is 1. The monoisotopic (exact) mass is 374 g/mol. The quantitative estimate of drug-likeness (QED) is 0.435. The van der Waals surface area contributed by atoms with Crippen molar-refractivity contribution in [1.29, 1.82) is 0 Å². The zero-order valence-corrected chi connectivity index (χ0v) is 16.0. The predicted octanol–water partition coefficient (Wildman–Crippen LogP) is 6.10. The van der Waals surface area contributed by atoms with Crippen molar-refractivity contribution in [3.05, 3.63) is 64.7 Å². The fourth-order valence-electron chi connectivity index (χ4n) is 4.89. The Bertz CT molecular complexity index is 1120. The molecule has 0 radical (unpaired) electrons. The van der Waals surface area contributed by atoms with Crippen molar-refractivity contribution in [2.75, 3.05) is 0 Å². The van der Waals surface area contributed by atoms with E-state index in [1.54, 1.807) is 6.07 Å².